The summed E-state index contributed by atoms with van der Waals surface area (Å²) in [5.41, 5.74) is 2.82. The third-order valence-electron chi connectivity index (χ3n) is 4.84. The highest BCUT2D eigenvalue weighted by Gasteiger charge is 2.29. The van der Waals surface area contributed by atoms with Gasteiger partial charge < -0.3 is 9.84 Å². The van der Waals surface area contributed by atoms with E-state index in [-0.39, 0.29) is 17.9 Å². The third-order valence-corrected chi connectivity index (χ3v) is 6.35. The molecule has 2 N–H and O–H groups in total. The molecule has 0 aliphatic heterocycles. The number of benzene rings is 3. The van der Waals surface area contributed by atoms with Gasteiger partial charge in [0.25, 0.3) is 0 Å². The number of rotatable bonds is 10. The molecule has 5 nitrogen and oxygen atoms in total. The zero-order chi connectivity index (χ0) is 21.4. The van der Waals surface area contributed by atoms with Crippen molar-refractivity contribution in [2.45, 2.75) is 37.0 Å². The fourth-order valence-electron chi connectivity index (χ4n) is 3.24. The Labute approximate surface area is 178 Å². The van der Waals surface area contributed by atoms with Crippen molar-refractivity contribution in [3.8, 4) is 0 Å². The highest BCUT2D eigenvalue weighted by molar-refractivity contribution is 7.89. The molecule has 30 heavy (non-hydrogen) atoms. The summed E-state index contributed by atoms with van der Waals surface area (Å²) in [5, 5.41) is 9.63. The van der Waals surface area contributed by atoms with E-state index in [0.29, 0.717) is 6.61 Å². The smallest absolute Gasteiger partial charge is 0.240 e. The Hall–Kier alpha value is -2.51. The summed E-state index contributed by atoms with van der Waals surface area (Å²) in [7, 11) is -3.78. The maximum absolute atomic E-state index is 13.0. The molecule has 0 saturated heterocycles. The number of aliphatic hydroxyl groups is 1. The Bertz CT molecular complexity index is 1010. The molecule has 0 fully saturated rings. The highest BCUT2D eigenvalue weighted by atomic mass is 32.2. The van der Waals surface area contributed by atoms with Crippen molar-refractivity contribution in [2.75, 3.05) is 6.61 Å². The molecule has 2 atom stereocenters. The molecule has 158 valence electrons. The van der Waals surface area contributed by atoms with Crippen molar-refractivity contribution >= 4 is 10.0 Å². The average Bonchev–Trinajstić information content (AvgIpc) is 2.75. The number of aryl methyl sites for hydroxylation is 1. The predicted molar refractivity (Wildman–Crippen MR) is 117 cm³/mol. The van der Waals surface area contributed by atoms with Crippen LogP contribution >= 0.6 is 0 Å². The van der Waals surface area contributed by atoms with Gasteiger partial charge in [-0.1, -0.05) is 78.4 Å². The van der Waals surface area contributed by atoms with Crippen LogP contribution in [0.5, 0.6) is 0 Å². The van der Waals surface area contributed by atoms with Crippen LogP contribution < -0.4 is 4.72 Å². The Morgan fingerprint density at radius 3 is 2.10 bits per heavy atom. The number of nitrogens with one attached hydrogen (secondary N) is 1. The standard InChI is InChI=1S/C24H27NO4S/c1-19-12-14-22(15-13-19)30(27,28)25-23(16-17-26)24(21-10-6-3-7-11-21)29-18-20-8-4-2-5-9-20/h2-15,23-26H,16-18H2,1H3/t23-,24-/m0/s1. The van der Waals surface area contributed by atoms with Crippen LogP contribution in [-0.2, 0) is 21.4 Å². The van der Waals surface area contributed by atoms with Gasteiger partial charge in [0.05, 0.1) is 23.6 Å². The summed E-state index contributed by atoms with van der Waals surface area (Å²) >= 11 is 0. The van der Waals surface area contributed by atoms with Gasteiger partial charge in [0, 0.05) is 6.61 Å². The first-order valence-electron chi connectivity index (χ1n) is 9.90. The van der Waals surface area contributed by atoms with Crippen LogP contribution in [0, 0.1) is 6.92 Å². The lowest BCUT2D eigenvalue weighted by Gasteiger charge is -2.28. The van der Waals surface area contributed by atoms with E-state index in [4.69, 9.17) is 4.74 Å². The molecule has 6 heteroatoms. The van der Waals surface area contributed by atoms with E-state index in [1.165, 1.54) is 0 Å². The lowest BCUT2D eigenvalue weighted by atomic mass is 10.0. The maximum Gasteiger partial charge on any atom is 0.240 e. The molecule has 0 radical (unpaired) electrons. The quantitative estimate of drug-likeness (QED) is 0.515. The Morgan fingerprint density at radius 1 is 0.900 bits per heavy atom. The van der Waals surface area contributed by atoms with Gasteiger partial charge >= 0.3 is 0 Å². The van der Waals surface area contributed by atoms with Crippen LogP contribution in [0.15, 0.2) is 89.8 Å². The minimum Gasteiger partial charge on any atom is -0.396 e. The van der Waals surface area contributed by atoms with Gasteiger partial charge in [0.15, 0.2) is 0 Å². The van der Waals surface area contributed by atoms with E-state index in [0.717, 1.165) is 16.7 Å². The molecule has 0 aliphatic rings. The van der Waals surface area contributed by atoms with Gasteiger partial charge in [-0.15, -0.1) is 0 Å². The molecule has 0 amide bonds. The van der Waals surface area contributed by atoms with Gasteiger partial charge in [-0.2, -0.15) is 0 Å². The third kappa shape index (κ3) is 6.00. The molecule has 0 aromatic heterocycles. The summed E-state index contributed by atoms with van der Waals surface area (Å²) in [6.07, 6.45) is -0.335. The Morgan fingerprint density at radius 2 is 1.50 bits per heavy atom. The van der Waals surface area contributed by atoms with Gasteiger partial charge in [-0.25, -0.2) is 13.1 Å². The van der Waals surface area contributed by atoms with Crippen LogP contribution in [0.3, 0.4) is 0 Å². The van der Waals surface area contributed by atoms with Crippen molar-refractivity contribution in [1.82, 2.24) is 4.72 Å². The SMILES string of the molecule is Cc1ccc(S(=O)(=O)N[C@@H](CCO)[C@@H](OCc2ccccc2)c2ccccc2)cc1. The molecule has 0 bridgehead atoms. The minimum absolute atomic E-state index is 0.168. The van der Waals surface area contributed by atoms with Crippen LogP contribution in [-0.4, -0.2) is 26.2 Å². The fourth-order valence-corrected chi connectivity index (χ4v) is 4.51. The number of hydrogen-bond donors (Lipinski definition) is 2. The Kier molecular flexibility index (Phi) is 7.76. The summed E-state index contributed by atoms with van der Waals surface area (Å²) in [6, 6.07) is 25.2. The second-order valence-electron chi connectivity index (χ2n) is 7.18. The first kappa shape index (κ1) is 22.2. The van der Waals surface area contributed by atoms with Gasteiger partial charge in [-0.05, 0) is 36.6 Å². The van der Waals surface area contributed by atoms with Gasteiger partial charge in [0.2, 0.25) is 10.0 Å². The largest absolute Gasteiger partial charge is 0.396 e. The van der Waals surface area contributed by atoms with Gasteiger partial charge in [0.1, 0.15) is 0 Å². The molecular weight excluding hydrogens is 398 g/mol. The van der Waals surface area contributed by atoms with E-state index >= 15 is 0 Å². The molecule has 0 heterocycles. The normalized spacial score (nSPS) is 13.7. The summed E-state index contributed by atoms with van der Waals surface area (Å²) in [6.45, 7) is 2.06. The zero-order valence-corrected chi connectivity index (χ0v) is 17.8. The van der Waals surface area contributed by atoms with Crippen LogP contribution in [0.2, 0.25) is 0 Å². The topological polar surface area (TPSA) is 75.6 Å². The van der Waals surface area contributed by atoms with Crippen LogP contribution in [0.25, 0.3) is 0 Å². The summed E-state index contributed by atoms with van der Waals surface area (Å²) in [5.74, 6) is 0. The second-order valence-corrected chi connectivity index (χ2v) is 8.89. The van der Waals surface area contributed by atoms with Crippen molar-refractivity contribution in [3.05, 3.63) is 102 Å². The molecular formula is C24H27NO4S. The predicted octanol–water partition coefficient (Wildman–Crippen LogP) is 3.98. The fraction of sp³-hybridized carbons (Fsp3) is 0.250. The van der Waals surface area contributed by atoms with Crippen LogP contribution in [0.4, 0.5) is 0 Å². The van der Waals surface area contributed by atoms with Gasteiger partial charge in [-0.3, -0.25) is 0 Å². The molecule has 0 aliphatic carbocycles. The average molecular weight is 426 g/mol. The molecule has 0 spiro atoms. The van der Waals surface area contributed by atoms with E-state index in [1.54, 1.807) is 24.3 Å². The zero-order valence-electron chi connectivity index (χ0n) is 16.9. The Balaban J connectivity index is 1.87. The first-order chi connectivity index (χ1) is 14.5. The number of sulfonamides is 1. The number of hydrogen-bond acceptors (Lipinski definition) is 4. The molecule has 3 aromatic rings. The molecule has 0 unspecified atom stereocenters. The summed E-state index contributed by atoms with van der Waals surface area (Å²) < 4.78 is 34.9. The monoisotopic (exact) mass is 425 g/mol. The second kappa shape index (κ2) is 10.5. The molecule has 0 saturated carbocycles. The van der Waals surface area contributed by atoms with E-state index in [9.17, 15) is 13.5 Å². The van der Waals surface area contributed by atoms with E-state index in [2.05, 4.69) is 4.72 Å². The molecule has 3 aromatic carbocycles. The van der Waals surface area contributed by atoms with E-state index in [1.807, 2.05) is 67.6 Å². The van der Waals surface area contributed by atoms with Crippen molar-refractivity contribution < 1.29 is 18.3 Å². The van der Waals surface area contributed by atoms with Crippen molar-refractivity contribution in [2.24, 2.45) is 0 Å². The lowest BCUT2D eigenvalue weighted by Crippen LogP contribution is -2.41. The lowest BCUT2D eigenvalue weighted by molar-refractivity contribution is 0.0127. The van der Waals surface area contributed by atoms with Crippen molar-refractivity contribution in [3.63, 3.8) is 0 Å². The minimum atomic E-state index is -3.78. The van der Waals surface area contributed by atoms with E-state index < -0.39 is 22.2 Å². The number of aliphatic hydroxyl groups excluding tert-OH is 1. The van der Waals surface area contributed by atoms with Crippen LogP contribution in [0.1, 0.15) is 29.2 Å². The first-order valence-corrected chi connectivity index (χ1v) is 11.4. The molecule has 3 rings (SSSR count). The summed E-state index contributed by atoms with van der Waals surface area (Å²) in [4.78, 5) is 0.186. The highest BCUT2D eigenvalue weighted by Crippen LogP contribution is 2.26. The number of ether oxygens (including phenoxy) is 1. The maximum atomic E-state index is 13.0. The van der Waals surface area contributed by atoms with Crippen molar-refractivity contribution in [1.29, 1.82) is 0 Å².